The van der Waals surface area contributed by atoms with Crippen molar-refractivity contribution < 1.29 is 4.39 Å². The van der Waals surface area contributed by atoms with Gasteiger partial charge in [0.25, 0.3) is 0 Å². The number of pyridine rings is 1. The summed E-state index contributed by atoms with van der Waals surface area (Å²) in [4.78, 5) is 13.6. The molecule has 3 rings (SSSR count). The number of fused-ring (bicyclic) bond motifs is 1. The summed E-state index contributed by atoms with van der Waals surface area (Å²) in [6.45, 7) is 1.63. The van der Waals surface area contributed by atoms with Crippen LogP contribution in [0.25, 0.3) is 22.2 Å². The third kappa shape index (κ3) is 3.07. The molecule has 0 spiro atoms. The summed E-state index contributed by atoms with van der Waals surface area (Å²) in [5.74, 6) is -0.280. The summed E-state index contributed by atoms with van der Waals surface area (Å²) in [7, 11) is 4.01. The maximum Gasteiger partial charge on any atom is 0.125 e. The van der Waals surface area contributed by atoms with Crippen LogP contribution in [0.2, 0.25) is 0 Å². The molecule has 0 fully saturated rings. The molecule has 22 heavy (non-hydrogen) atoms. The lowest BCUT2D eigenvalue weighted by molar-refractivity contribution is 0.425. The van der Waals surface area contributed by atoms with E-state index in [9.17, 15) is 4.39 Å². The van der Waals surface area contributed by atoms with E-state index in [4.69, 9.17) is 0 Å². The number of benzene rings is 1. The SMILES string of the molecule is CN(C)CCNc1cc(F)cc(-c2cncc3[nH]cnc23)c1. The Labute approximate surface area is 128 Å². The predicted molar refractivity (Wildman–Crippen MR) is 86.3 cm³/mol. The third-order valence-corrected chi connectivity index (χ3v) is 3.43. The van der Waals surface area contributed by atoms with Crippen LogP contribution in [0.5, 0.6) is 0 Å². The molecule has 0 amide bonds. The van der Waals surface area contributed by atoms with E-state index in [2.05, 4.69) is 25.2 Å². The molecule has 0 aliphatic heterocycles. The summed E-state index contributed by atoms with van der Waals surface area (Å²) in [6.07, 6.45) is 5.04. The van der Waals surface area contributed by atoms with Crippen molar-refractivity contribution in [3.63, 3.8) is 0 Å². The highest BCUT2D eigenvalue weighted by Gasteiger charge is 2.09. The van der Waals surface area contributed by atoms with Gasteiger partial charge in [-0.2, -0.15) is 0 Å². The van der Waals surface area contributed by atoms with Crippen molar-refractivity contribution in [2.45, 2.75) is 0 Å². The zero-order valence-corrected chi connectivity index (χ0v) is 12.6. The van der Waals surface area contributed by atoms with Crippen LogP contribution in [-0.2, 0) is 0 Å². The summed E-state index contributed by atoms with van der Waals surface area (Å²) >= 11 is 0. The van der Waals surface area contributed by atoms with E-state index < -0.39 is 0 Å². The van der Waals surface area contributed by atoms with Gasteiger partial charge in [0.2, 0.25) is 0 Å². The molecule has 0 unspecified atom stereocenters. The molecule has 0 radical (unpaired) electrons. The van der Waals surface area contributed by atoms with E-state index in [-0.39, 0.29) is 5.82 Å². The zero-order chi connectivity index (χ0) is 15.5. The first-order chi connectivity index (χ1) is 10.6. The van der Waals surface area contributed by atoms with Gasteiger partial charge in [-0.1, -0.05) is 0 Å². The number of nitrogens with one attached hydrogen (secondary N) is 2. The van der Waals surface area contributed by atoms with Crippen LogP contribution in [0.3, 0.4) is 0 Å². The monoisotopic (exact) mass is 299 g/mol. The molecule has 3 aromatic rings. The normalized spacial score (nSPS) is 11.3. The molecule has 2 aromatic heterocycles. The average molecular weight is 299 g/mol. The molecule has 2 heterocycles. The number of H-pyrrole nitrogens is 1. The molecule has 1 aromatic carbocycles. The number of hydrogen-bond acceptors (Lipinski definition) is 4. The van der Waals surface area contributed by atoms with Crippen molar-refractivity contribution in [1.29, 1.82) is 0 Å². The number of aromatic nitrogens is 3. The Kier molecular flexibility index (Phi) is 4.02. The van der Waals surface area contributed by atoms with Crippen LogP contribution in [0.15, 0.2) is 36.9 Å². The molecule has 0 saturated carbocycles. The van der Waals surface area contributed by atoms with Crippen LogP contribution in [0.1, 0.15) is 0 Å². The standard InChI is InChI=1S/C16H18FN5/c1-22(2)4-3-19-13-6-11(5-12(17)7-13)14-8-18-9-15-16(14)21-10-20-15/h5-10,19H,3-4H2,1-2H3,(H,20,21). The second-order valence-corrected chi connectivity index (χ2v) is 5.44. The lowest BCUT2D eigenvalue weighted by atomic mass is 10.1. The summed E-state index contributed by atoms with van der Waals surface area (Å²) < 4.78 is 13.9. The molecular weight excluding hydrogens is 281 g/mol. The fraction of sp³-hybridized carbons (Fsp3) is 0.250. The van der Waals surface area contributed by atoms with Gasteiger partial charge in [-0.3, -0.25) is 4.98 Å². The Bertz CT molecular complexity index is 781. The van der Waals surface area contributed by atoms with Crippen molar-refractivity contribution in [2.75, 3.05) is 32.5 Å². The van der Waals surface area contributed by atoms with Crippen molar-refractivity contribution in [3.8, 4) is 11.1 Å². The molecule has 0 aliphatic rings. The Hall–Kier alpha value is -2.47. The second kappa shape index (κ2) is 6.11. The van der Waals surface area contributed by atoms with Gasteiger partial charge in [0.05, 0.1) is 23.6 Å². The highest BCUT2D eigenvalue weighted by molar-refractivity contribution is 5.91. The second-order valence-electron chi connectivity index (χ2n) is 5.44. The van der Waals surface area contributed by atoms with Gasteiger partial charge >= 0.3 is 0 Å². The van der Waals surface area contributed by atoms with Crippen LogP contribution in [0.4, 0.5) is 10.1 Å². The van der Waals surface area contributed by atoms with Crippen LogP contribution < -0.4 is 5.32 Å². The minimum absolute atomic E-state index is 0.280. The van der Waals surface area contributed by atoms with Crippen molar-refractivity contribution in [3.05, 3.63) is 42.7 Å². The number of imidazole rings is 1. The minimum atomic E-state index is -0.280. The largest absolute Gasteiger partial charge is 0.384 e. The highest BCUT2D eigenvalue weighted by Crippen LogP contribution is 2.28. The average Bonchev–Trinajstić information content (AvgIpc) is 2.94. The molecule has 0 aliphatic carbocycles. The third-order valence-electron chi connectivity index (χ3n) is 3.43. The van der Waals surface area contributed by atoms with E-state index in [1.807, 2.05) is 20.2 Å². The molecular formula is C16H18FN5. The molecule has 0 atom stereocenters. The highest BCUT2D eigenvalue weighted by atomic mass is 19.1. The van der Waals surface area contributed by atoms with Gasteiger partial charge < -0.3 is 15.2 Å². The Morgan fingerprint density at radius 2 is 2.09 bits per heavy atom. The molecule has 5 nitrogen and oxygen atoms in total. The number of anilines is 1. The lowest BCUT2D eigenvalue weighted by Gasteiger charge is -2.12. The van der Waals surface area contributed by atoms with Crippen molar-refractivity contribution in [2.24, 2.45) is 0 Å². The predicted octanol–water partition coefficient (Wildman–Crippen LogP) is 2.74. The fourth-order valence-corrected chi connectivity index (χ4v) is 2.35. The van der Waals surface area contributed by atoms with Gasteiger partial charge in [-0.05, 0) is 37.9 Å². The van der Waals surface area contributed by atoms with Gasteiger partial charge in [-0.15, -0.1) is 0 Å². The number of rotatable bonds is 5. The van der Waals surface area contributed by atoms with Crippen LogP contribution in [0, 0.1) is 5.82 Å². The van der Waals surface area contributed by atoms with Crippen molar-refractivity contribution in [1.82, 2.24) is 19.9 Å². The first kappa shape index (κ1) is 14.5. The first-order valence-electron chi connectivity index (χ1n) is 7.10. The Morgan fingerprint density at radius 3 is 2.91 bits per heavy atom. The van der Waals surface area contributed by atoms with E-state index >= 15 is 0 Å². The molecule has 6 heteroatoms. The van der Waals surface area contributed by atoms with Gasteiger partial charge in [0, 0.05) is 30.5 Å². The van der Waals surface area contributed by atoms with E-state index in [1.165, 1.54) is 12.1 Å². The number of likely N-dealkylation sites (N-methyl/N-ethyl adjacent to an activating group) is 1. The lowest BCUT2D eigenvalue weighted by Crippen LogP contribution is -2.20. The molecule has 0 saturated heterocycles. The number of aromatic amines is 1. The number of hydrogen-bond donors (Lipinski definition) is 2. The van der Waals surface area contributed by atoms with E-state index in [1.54, 1.807) is 18.7 Å². The Morgan fingerprint density at radius 1 is 1.23 bits per heavy atom. The van der Waals surface area contributed by atoms with Gasteiger partial charge in [0.1, 0.15) is 5.82 Å². The zero-order valence-electron chi connectivity index (χ0n) is 12.6. The molecule has 114 valence electrons. The smallest absolute Gasteiger partial charge is 0.125 e. The maximum absolute atomic E-state index is 13.9. The minimum Gasteiger partial charge on any atom is -0.384 e. The van der Waals surface area contributed by atoms with E-state index in [0.29, 0.717) is 0 Å². The first-order valence-corrected chi connectivity index (χ1v) is 7.10. The van der Waals surface area contributed by atoms with Crippen LogP contribution >= 0.6 is 0 Å². The Balaban J connectivity index is 1.94. The summed E-state index contributed by atoms with van der Waals surface area (Å²) in [5.41, 5.74) is 3.96. The van der Waals surface area contributed by atoms with Gasteiger partial charge in [0.15, 0.2) is 0 Å². The number of halogens is 1. The van der Waals surface area contributed by atoms with Crippen LogP contribution in [-0.4, -0.2) is 47.0 Å². The maximum atomic E-state index is 13.9. The summed E-state index contributed by atoms with van der Waals surface area (Å²) in [5, 5.41) is 3.24. The topological polar surface area (TPSA) is 56.8 Å². The molecule has 0 bridgehead atoms. The molecule has 2 N–H and O–H groups in total. The quantitative estimate of drug-likeness (QED) is 0.760. The van der Waals surface area contributed by atoms with Crippen molar-refractivity contribution >= 4 is 16.7 Å². The van der Waals surface area contributed by atoms with E-state index in [0.717, 1.165) is 40.9 Å². The fourth-order valence-electron chi connectivity index (χ4n) is 2.35. The number of nitrogens with zero attached hydrogens (tertiary/aromatic N) is 3. The van der Waals surface area contributed by atoms with Gasteiger partial charge in [-0.25, -0.2) is 9.37 Å². The summed E-state index contributed by atoms with van der Waals surface area (Å²) in [6, 6.07) is 4.92.